The van der Waals surface area contributed by atoms with Gasteiger partial charge < -0.3 is 10.2 Å². The summed E-state index contributed by atoms with van der Waals surface area (Å²) in [5.41, 5.74) is 0. The van der Waals surface area contributed by atoms with Gasteiger partial charge in [0.1, 0.15) is 0 Å². The second-order valence-electron chi connectivity index (χ2n) is 7.03. The monoisotopic (exact) mass is 266 g/mol. The zero-order chi connectivity index (χ0) is 13.7. The minimum atomic E-state index is 0.716. The lowest BCUT2D eigenvalue weighted by atomic mass is 9.84. The van der Waals surface area contributed by atoms with E-state index >= 15 is 0 Å². The number of nitrogens with zero attached hydrogens (tertiary/aromatic N) is 1. The van der Waals surface area contributed by atoms with Crippen molar-refractivity contribution in [3.8, 4) is 0 Å². The molecule has 1 heterocycles. The van der Waals surface area contributed by atoms with E-state index in [1.165, 1.54) is 64.6 Å². The number of hydrogen-bond acceptors (Lipinski definition) is 2. The molecule has 2 aliphatic rings. The molecule has 1 atom stereocenters. The van der Waals surface area contributed by atoms with Crippen LogP contribution in [0, 0.1) is 11.8 Å². The molecule has 2 heteroatoms. The molecule has 2 rings (SSSR count). The molecular formula is C17H34N2. The van der Waals surface area contributed by atoms with E-state index in [9.17, 15) is 0 Å². The van der Waals surface area contributed by atoms with Crippen molar-refractivity contribution in [2.75, 3.05) is 19.6 Å². The lowest BCUT2D eigenvalue weighted by Crippen LogP contribution is -2.46. The van der Waals surface area contributed by atoms with E-state index in [4.69, 9.17) is 0 Å². The van der Waals surface area contributed by atoms with Crippen molar-refractivity contribution in [3.05, 3.63) is 0 Å². The van der Waals surface area contributed by atoms with Crippen LogP contribution >= 0.6 is 0 Å². The Morgan fingerprint density at radius 2 is 1.68 bits per heavy atom. The second kappa shape index (κ2) is 7.64. The summed E-state index contributed by atoms with van der Waals surface area (Å²) < 4.78 is 0. The van der Waals surface area contributed by atoms with Gasteiger partial charge in [0, 0.05) is 12.1 Å². The standard InChI is InChI=1S/C17H34N2/c1-4-11-18-15(3)16-9-12-19(13-10-16)17-7-5-14(2)6-8-17/h14-18H,4-13H2,1-3H3. The van der Waals surface area contributed by atoms with Gasteiger partial charge >= 0.3 is 0 Å². The van der Waals surface area contributed by atoms with Gasteiger partial charge in [-0.3, -0.25) is 0 Å². The Balaban J connectivity index is 1.70. The first-order valence-electron chi connectivity index (χ1n) is 8.68. The van der Waals surface area contributed by atoms with Crippen molar-refractivity contribution in [1.82, 2.24) is 10.2 Å². The Morgan fingerprint density at radius 1 is 1.05 bits per heavy atom. The zero-order valence-corrected chi connectivity index (χ0v) is 13.3. The third kappa shape index (κ3) is 4.46. The average molecular weight is 266 g/mol. The predicted molar refractivity (Wildman–Crippen MR) is 83.5 cm³/mol. The first kappa shape index (κ1) is 15.3. The topological polar surface area (TPSA) is 15.3 Å². The third-order valence-corrected chi connectivity index (χ3v) is 5.50. The largest absolute Gasteiger partial charge is 0.314 e. The molecule has 1 unspecified atom stereocenters. The van der Waals surface area contributed by atoms with Crippen LogP contribution in [0.1, 0.15) is 65.7 Å². The minimum Gasteiger partial charge on any atom is -0.314 e. The fourth-order valence-corrected chi connectivity index (χ4v) is 3.93. The first-order valence-corrected chi connectivity index (χ1v) is 8.68. The summed E-state index contributed by atoms with van der Waals surface area (Å²) in [7, 11) is 0. The van der Waals surface area contributed by atoms with Gasteiger partial charge in [-0.25, -0.2) is 0 Å². The summed E-state index contributed by atoms with van der Waals surface area (Å²) in [5, 5.41) is 3.68. The molecular weight excluding hydrogens is 232 g/mol. The number of piperidine rings is 1. The summed E-state index contributed by atoms with van der Waals surface area (Å²) in [6.07, 6.45) is 9.89. The average Bonchev–Trinajstić information content (AvgIpc) is 2.46. The Hall–Kier alpha value is -0.0800. The molecule has 1 saturated heterocycles. The van der Waals surface area contributed by atoms with Gasteiger partial charge in [0.15, 0.2) is 0 Å². The van der Waals surface area contributed by atoms with Crippen LogP contribution in [0.3, 0.4) is 0 Å². The number of nitrogens with one attached hydrogen (secondary N) is 1. The van der Waals surface area contributed by atoms with Gasteiger partial charge in [-0.1, -0.05) is 13.8 Å². The van der Waals surface area contributed by atoms with Crippen LogP contribution in [0.4, 0.5) is 0 Å². The molecule has 0 bridgehead atoms. The SMILES string of the molecule is CCCNC(C)C1CCN(C2CCC(C)CC2)CC1. The van der Waals surface area contributed by atoms with Gasteiger partial charge in [0.25, 0.3) is 0 Å². The van der Waals surface area contributed by atoms with E-state index in [1.807, 2.05) is 0 Å². The fourth-order valence-electron chi connectivity index (χ4n) is 3.93. The molecule has 0 aromatic carbocycles. The normalized spacial score (nSPS) is 32.4. The highest BCUT2D eigenvalue weighted by atomic mass is 15.2. The van der Waals surface area contributed by atoms with Gasteiger partial charge in [-0.05, 0) is 83.3 Å². The molecule has 2 fully saturated rings. The van der Waals surface area contributed by atoms with Gasteiger partial charge in [0.2, 0.25) is 0 Å². The molecule has 1 saturated carbocycles. The molecule has 112 valence electrons. The third-order valence-electron chi connectivity index (χ3n) is 5.50. The lowest BCUT2D eigenvalue weighted by Gasteiger charge is -2.41. The second-order valence-corrected chi connectivity index (χ2v) is 7.03. The highest BCUT2D eigenvalue weighted by Crippen LogP contribution is 2.30. The maximum Gasteiger partial charge on any atom is 0.00954 e. The van der Waals surface area contributed by atoms with Crippen LogP contribution in [0.2, 0.25) is 0 Å². The smallest absolute Gasteiger partial charge is 0.00954 e. The summed E-state index contributed by atoms with van der Waals surface area (Å²) in [4.78, 5) is 2.80. The van der Waals surface area contributed by atoms with Gasteiger partial charge in [-0.2, -0.15) is 0 Å². The highest BCUT2D eigenvalue weighted by molar-refractivity contribution is 4.85. The number of rotatable bonds is 5. The van der Waals surface area contributed by atoms with Crippen LogP contribution in [0.5, 0.6) is 0 Å². The Labute approximate surface area is 120 Å². The van der Waals surface area contributed by atoms with Crippen LogP contribution < -0.4 is 5.32 Å². The molecule has 1 N–H and O–H groups in total. The van der Waals surface area contributed by atoms with Crippen LogP contribution in [0.15, 0.2) is 0 Å². The van der Waals surface area contributed by atoms with Gasteiger partial charge in [-0.15, -0.1) is 0 Å². The van der Waals surface area contributed by atoms with E-state index in [0.29, 0.717) is 6.04 Å². The van der Waals surface area contributed by atoms with Gasteiger partial charge in [0.05, 0.1) is 0 Å². The van der Waals surface area contributed by atoms with Crippen molar-refractivity contribution < 1.29 is 0 Å². The molecule has 0 spiro atoms. The van der Waals surface area contributed by atoms with Crippen LogP contribution in [-0.2, 0) is 0 Å². The van der Waals surface area contributed by atoms with E-state index in [-0.39, 0.29) is 0 Å². The fraction of sp³-hybridized carbons (Fsp3) is 1.00. The Morgan fingerprint density at radius 3 is 2.26 bits per heavy atom. The Kier molecular flexibility index (Phi) is 6.15. The quantitative estimate of drug-likeness (QED) is 0.817. The summed E-state index contributed by atoms with van der Waals surface area (Å²) in [5.74, 6) is 1.89. The molecule has 0 aromatic rings. The minimum absolute atomic E-state index is 0.716. The highest BCUT2D eigenvalue weighted by Gasteiger charge is 2.29. The van der Waals surface area contributed by atoms with Crippen LogP contribution in [0.25, 0.3) is 0 Å². The van der Waals surface area contributed by atoms with Crippen molar-refractivity contribution in [1.29, 1.82) is 0 Å². The molecule has 1 aliphatic heterocycles. The summed E-state index contributed by atoms with van der Waals surface area (Å²) in [6, 6.07) is 1.63. The van der Waals surface area contributed by atoms with Crippen LogP contribution in [-0.4, -0.2) is 36.6 Å². The van der Waals surface area contributed by atoms with E-state index in [2.05, 4.69) is 31.0 Å². The lowest BCUT2D eigenvalue weighted by molar-refractivity contribution is 0.0880. The molecule has 19 heavy (non-hydrogen) atoms. The van der Waals surface area contributed by atoms with Crippen molar-refractivity contribution in [2.45, 2.75) is 77.8 Å². The predicted octanol–water partition coefficient (Wildman–Crippen LogP) is 3.67. The zero-order valence-electron chi connectivity index (χ0n) is 13.3. The first-order chi connectivity index (χ1) is 9.20. The van der Waals surface area contributed by atoms with E-state index in [1.54, 1.807) is 0 Å². The summed E-state index contributed by atoms with van der Waals surface area (Å²) in [6.45, 7) is 10.9. The Bertz CT molecular complexity index is 238. The maximum atomic E-state index is 3.68. The van der Waals surface area contributed by atoms with E-state index < -0.39 is 0 Å². The number of hydrogen-bond donors (Lipinski definition) is 1. The van der Waals surface area contributed by atoms with E-state index in [0.717, 1.165) is 17.9 Å². The maximum absolute atomic E-state index is 3.68. The number of likely N-dealkylation sites (tertiary alicyclic amines) is 1. The van der Waals surface area contributed by atoms with Crippen molar-refractivity contribution >= 4 is 0 Å². The molecule has 0 aromatic heterocycles. The van der Waals surface area contributed by atoms with Crippen molar-refractivity contribution in [2.24, 2.45) is 11.8 Å². The molecule has 0 amide bonds. The summed E-state index contributed by atoms with van der Waals surface area (Å²) >= 11 is 0. The van der Waals surface area contributed by atoms with Crippen molar-refractivity contribution in [3.63, 3.8) is 0 Å². The molecule has 2 nitrogen and oxygen atoms in total. The molecule has 0 radical (unpaired) electrons. The molecule has 1 aliphatic carbocycles.